The molecule has 1 aromatic carbocycles. The van der Waals surface area contributed by atoms with E-state index in [1.54, 1.807) is 48.4 Å². The number of nitrogens with one attached hydrogen (secondary N) is 2. The number of carbonyl (C=O) groups is 2. The first-order chi connectivity index (χ1) is 14.1. The van der Waals surface area contributed by atoms with Crippen molar-refractivity contribution in [2.24, 2.45) is 0 Å². The highest BCUT2D eigenvalue weighted by Crippen LogP contribution is 2.15. The first-order valence-electron chi connectivity index (χ1n) is 9.43. The predicted molar refractivity (Wildman–Crippen MR) is 105 cm³/mol. The number of hydrogen-bond donors (Lipinski definition) is 2. The lowest BCUT2D eigenvalue weighted by Gasteiger charge is -2.27. The molecule has 0 aliphatic carbocycles. The van der Waals surface area contributed by atoms with E-state index in [0.717, 1.165) is 5.56 Å². The third-order valence-corrected chi connectivity index (χ3v) is 4.89. The summed E-state index contributed by atoms with van der Waals surface area (Å²) >= 11 is 0. The minimum atomic E-state index is -0.366. The molecule has 3 aromatic rings. The Morgan fingerprint density at radius 2 is 2.03 bits per heavy atom. The smallest absolute Gasteiger partial charge is 0.338 e. The second-order valence-corrected chi connectivity index (χ2v) is 6.75. The third-order valence-electron chi connectivity index (χ3n) is 4.89. The van der Waals surface area contributed by atoms with Gasteiger partial charge < -0.3 is 15.0 Å². The van der Waals surface area contributed by atoms with E-state index < -0.39 is 0 Å². The lowest BCUT2D eigenvalue weighted by atomic mass is 10.1. The average molecular weight is 395 g/mol. The van der Waals surface area contributed by atoms with Gasteiger partial charge >= 0.3 is 12.0 Å². The summed E-state index contributed by atoms with van der Waals surface area (Å²) in [7, 11) is 0. The molecule has 29 heavy (non-hydrogen) atoms. The van der Waals surface area contributed by atoms with Crippen molar-refractivity contribution in [3.63, 3.8) is 0 Å². The second kappa shape index (κ2) is 7.78. The van der Waals surface area contributed by atoms with Crippen LogP contribution >= 0.6 is 0 Å². The number of nitrogens with zero attached hydrogens (tertiary/aromatic N) is 3. The van der Waals surface area contributed by atoms with Crippen molar-refractivity contribution in [3.8, 4) is 0 Å². The maximum Gasteiger partial charge on any atom is 0.338 e. The summed E-state index contributed by atoms with van der Waals surface area (Å²) in [6.07, 6.45) is 2.12. The standard InChI is InChI=1S/C20H21N5O4/c1-2-29-19(27)14-5-3-13(4-6-14)11-21-20(28)24-10-8-15-16(12-24)23-17-7-9-22-25(17)18(15)26/h3-7,9,22H,2,8,10-12H2,1H3,(H,21,28). The number of esters is 1. The summed E-state index contributed by atoms with van der Waals surface area (Å²) < 4.78 is 6.37. The van der Waals surface area contributed by atoms with Gasteiger partial charge in [0.15, 0.2) is 5.65 Å². The lowest BCUT2D eigenvalue weighted by Crippen LogP contribution is -2.44. The molecule has 0 radical (unpaired) electrons. The Hall–Kier alpha value is -3.62. The highest BCUT2D eigenvalue weighted by atomic mass is 16.5. The number of aromatic amines is 1. The van der Waals surface area contributed by atoms with E-state index in [1.807, 2.05) is 0 Å². The van der Waals surface area contributed by atoms with Gasteiger partial charge in [0.2, 0.25) is 0 Å². The minimum absolute atomic E-state index is 0.114. The Kier molecular flexibility index (Phi) is 5.03. The van der Waals surface area contributed by atoms with Crippen molar-refractivity contribution in [3.05, 3.63) is 69.3 Å². The largest absolute Gasteiger partial charge is 0.462 e. The van der Waals surface area contributed by atoms with Crippen molar-refractivity contribution in [2.75, 3.05) is 13.2 Å². The first kappa shape index (κ1) is 18.7. The minimum Gasteiger partial charge on any atom is -0.462 e. The summed E-state index contributed by atoms with van der Waals surface area (Å²) in [4.78, 5) is 42.9. The molecule has 1 aliphatic rings. The molecule has 150 valence electrons. The van der Waals surface area contributed by atoms with Crippen LogP contribution in [0, 0.1) is 0 Å². The number of rotatable bonds is 4. The molecule has 0 spiro atoms. The summed E-state index contributed by atoms with van der Waals surface area (Å²) in [5, 5.41) is 5.72. The zero-order chi connectivity index (χ0) is 20.4. The zero-order valence-corrected chi connectivity index (χ0v) is 16.0. The summed E-state index contributed by atoms with van der Waals surface area (Å²) in [6, 6.07) is 8.42. The molecular weight excluding hydrogens is 374 g/mol. The third kappa shape index (κ3) is 3.71. The molecule has 0 saturated heterocycles. The number of ether oxygens (including phenoxy) is 1. The molecule has 2 aromatic heterocycles. The van der Waals surface area contributed by atoms with Gasteiger partial charge in [-0.1, -0.05) is 12.1 Å². The molecule has 9 nitrogen and oxygen atoms in total. The molecule has 9 heteroatoms. The van der Waals surface area contributed by atoms with Crippen LogP contribution in [0.1, 0.15) is 34.1 Å². The highest BCUT2D eigenvalue weighted by Gasteiger charge is 2.24. The van der Waals surface area contributed by atoms with E-state index in [2.05, 4.69) is 15.4 Å². The van der Waals surface area contributed by atoms with Crippen LogP contribution in [0.4, 0.5) is 4.79 Å². The van der Waals surface area contributed by atoms with Gasteiger partial charge in [0.25, 0.3) is 5.56 Å². The summed E-state index contributed by atoms with van der Waals surface area (Å²) in [5.41, 5.74) is 3.05. The first-order valence-corrected chi connectivity index (χ1v) is 9.43. The molecule has 4 rings (SSSR count). The second-order valence-electron chi connectivity index (χ2n) is 6.75. The molecule has 0 unspecified atom stereocenters. The molecule has 0 bridgehead atoms. The molecule has 3 heterocycles. The monoisotopic (exact) mass is 395 g/mol. The van der Waals surface area contributed by atoms with Crippen LogP contribution in [-0.2, 0) is 24.2 Å². The fraction of sp³-hybridized carbons (Fsp3) is 0.300. The maximum absolute atomic E-state index is 12.6. The van der Waals surface area contributed by atoms with Gasteiger partial charge in [-0.3, -0.25) is 9.89 Å². The van der Waals surface area contributed by atoms with Crippen molar-refractivity contribution < 1.29 is 14.3 Å². The fourth-order valence-electron chi connectivity index (χ4n) is 3.37. The number of hydrogen-bond acceptors (Lipinski definition) is 5. The van der Waals surface area contributed by atoms with Crippen LogP contribution in [-0.4, -0.2) is 44.7 Å². The van der Waals surface area contributed by atoms with Gasteiger partial charge in [-0.2, -0.15) is 0 Å². The van der Waals surface area contributed by atoms with E-state index in [-0.39, 0.29) is 17.6 Å². The Morgan fingerprint density at radius 3 is 2.79 bits per heavy atom. The van der Waals surface area contributed by atoms with Gasteiger partial charge in [-0.15, -0.1) is 0 Å². The van der Waals surface area contributed by atoms with E-state index in [0.29, 0.717) is 55.1 Å². The number of amides is 2. The van der Waals surface area contributed by atoms with E-state index in [1.165, 1.54) is 4.52 Å². The molecule has 2 N–H and O–H groups in total. The Balaban J connectivity index is 1.39. The number of fused-ring (bicyclic) bond motifs is 2. The normalized spacial score (nSPS) is 13.2. The van der Waals surface area contributed by atoms with Crippen molar-refractivity contribution in [1.82, 2.24) is 24.8 Å². The molecule has 0 saturated carbocycles. The van der Waals surface area contributed by atoms with Crippen LogP contribution in [0.25, 0.3) is 5.65 Å². The summed E-state index contributed by atoms with van der Waals surface area (Å²) in [6.45, 7) is 3.16. The number of urea groups is 1. The van der Waals surface area contributed by atoms with Crippen LogP contribution in [0.2, 0.25) is 0 Å². The summed E-state index contributed by atoms with van der Waals surface area (Å²) in [5.74, 6) is -0.366. The predicted octanol–water partition coefficient (Wildman–Crippen LogP) is 1.47. The lowest BCUT2D eigenvalue weighted by molar-refractivity contribution is 0.0526. The maximum atomic E-state index is 12.6. The molecule has 0 fully saturated rings. The van der Waals surface area contributed by atoms with Crippen molar-refractivity contribution >= 4 is 17.6 Å². The number of H-pyrrole nitrogens is 1. The van der Waals surface area contributed by atoms with Crippen LogP contribution in [0.5, 0.6) is 0 Å². The van der Waals surface area contributed by atoms with Gasteiger partial charge in [0.1, 0.15) is 0 Å². The highest BCUT2D eigenvalue weighted by molar-refractivity contribution is 5.89. The van der Waals surface area contributed by atoms with Gasteiger partial charge in [0.05, 0.1) is 24.4 Å². The van der Waals surface area contributed by atoms with Crippen molar-refractivity contribution in [1.29, 1.82) is 0 Å². The van der Waals surface area contributed by atoms with Crippen molar-refractivity contribution in [2.45, 2.75) is 26.4 Å². The van der Waals surface area contributed by atoms with Gasteiger partial charge in [0, 0.05) is 30.9 Å². The molecule has 2 amide bonds. The fourth-order valence-corrected chi connectivity index (χ4v) is 3.37. The zero-order valence-electron chi connectivity index (χ0n) is 16.0. The number of aromatic nitrogens is 3. The SMILES string of the molecule is CCOC(=O)c1ccc(CNC(=O)N2CCc3c(nc4cc[nH]n4c3=O)C2)cc1. The van der Waals surface area contributed by atoms with Crippen LogP contribution in [0.3, 0.4) is 0 Å². The van der Waals surface area contributed by atoms with E-state index in [4.69, 9.17) is 4.74 Å². The topological polar surface area (TPSA) is 109 Å². The number of carbonyl (C=O) groups excluding carboxylic acids is 2. The Labute approximate surface area is 166 Å². The van der Waals surface area contributed by atoms with E-state index >= 15 is 0 Å². The molecule has 0 atom stereocenters. The number of benzene rings is 1. The average Bonchev–Trinajstić information content (AvgIpc) is 3.21. The van der Waals surface area contributed by atoms with Crippen LogP contribution < -0.4 is 10.9 Å². The Bertz CT molecular complexity index is 1120. The van der Waals surface area contributed by atoms with Crippen LogP contribution in [0.15, 0.2) is 41.3 Å². The quantitative estimate of drug-likeness (QED) is 0.650. The van der Waals surface area contributed by atoms with Gasteiger partial charge in [-0.05, 0) is 31.0 Å². The van der Waals surface area contributed by atoms with Gasteiger partial charge in [-0.25, -0.2) is 19.1 Å². The van der Waals surface area contributed by atoms with E-state index in [9.17, 15) is 14.4 Å². The molecular formula is C20H21N5O4. The Morgan fingerprint density at radius 1 is 1.24 bits per heavy atom. The molecule has 1 aliphatic heterocycles.